The SMILES string of the molecule is BBB(B)B(B(B(B)B)B(B)B)B(B(B)B(B(B)B)B(B(B)B)B(B(B(B)BB)B(B(B)B)B(B)B)B(B(B)BB)B(B(B)B)B(B)B)B(B(B)BB)B(B(B)B)B(B)B. The lowest BCUT2D eigenvalue weighted by atomic mass is 8.26. The number of hydrogen-bond acceptors (Lipinski definition) is 0. The Kier molecular flexibility index (Phi) is 32.5. The zero-order valence-electron chi connectivity index (χ0n) is 47.4. The van der Waals surface area contributed by atoms with Gasteiger partial charge in [-0.25, -0.2) is 0 Å². The summed E-state index contributed by atoms with van der Waals surface area (Å²) in [5, 5.41) is 0. The van der Waals surface area contributed by atoms with E-state index in [9.17, 15) is 0 Å². The van der Waals surface area contributed by atoms with E-state index in [0.717, 1.165) is 25.5 Å². The van der Waals surface area contributed by atoms with Crippen molar-refractivity contribution in [1.29, 1.82) is 0 Å². The van der Waals surface area contributed by atoms with Gasteiger partial charge >= 0.3 is 0 Å². The monoisotopic (exact) mass is 723 g/mol. The molecule has 242 valence electrons. The van der Waals surface area contributed by atoms with Gasteiger partial charge in [-0.3, -0.25) is 0 Å². The fourth-order valence-corrected chi connectivity index (χ4v) is 16.3. The van der Waals surface area contributed by atoms with Crippen molar-refractivity contribution < 1.29 is 0 Å². The summed E-state index contributed by atoms with van der Waals surface area (Å²) in [7, 11) is 81.4. The third-order valence-electron chi connectivity index (χ3n) is 18.6. The quantitative estimate of drug-likeness (QED) is 0.0651. The first-order chi connectivity index (χ1) is 27.6. The van der Waals surface area contributed by atoms with E-state index in [0.29, 0.717) is 147 Å². The Morgan fingerprint density at radius 2 is 0.333 bits per heavy atom. The van der Waals surface area contributed by atoms with Gasteiger partial charge in [0.25, 0.3) is 0 Å². The largest absolute Gasteiger partial charge is 0.0594 e. The van der Waals surface area contributed by atoms with Crippen molar-refractivity contribution in [2.45, 2.75) is 0 Å². The highest BCUT2D eigenvalue weighted by atomic mass is 13.4. The van der Waals surface area contributed by atoms with Crippen molar-refractivity contribution >= 4 is 425 Å². The van der Waals surface area contributed by atoms with Gasteiger partial charge in [0, 0.05) is 201 Å². The zero-order chi connectivity index (χ0) is 47.4. The van der Waals surface area contributed by atoms with Gasteiger partial charge in [0.05, 0.1) is 224 Å². The van der Waals surface area contributed by atoms with Gasteiger partial charge < -0.3 is 0 Å². The summed E-state index contributed by atoms with van der Waals surface area (Å²) in [6.07, 6.45) is 18.6. The molecule has 0 aliphatic rings. The maximum Gasteiger partial charge on any atom is 0.0594 e. The minimum absolute atomic E-state index is 0.629. The molecule has 0 fully saturated rings. The molecule has 60 heavy (non-hydrogen) atoms. The van der Waals surface area contributed by atoms with E-state index in [1.54, 1.807) is 0 Å². The number of hydrogen-bond donors (Lipinski definition) is 0. The summed E-state index contributed by atoms with van der Waals surface area (Å²) >= 11 is 0. The molecule has 0 bridgehead atoms. The Labute approximate surface area is 421 Å². The highest BCUT2D eigenvalue weighted by Gasteiger charge is 2.59. The first-order valence-electron chi connectivity index (χ1n) is 27.6. The van der Waals surface area contributed by atoms with Crippen LogP contribution in [0.15, 0.2) is 0 Å². The second-order valence-corrected chi connectivity index (χ2v) is 25.8. The fraction of sp³-hybridized carbons (Fsp3) is 0. The van der Waals surface area contributed by atoms with Crippen molar-refractivity contribution in [2.24, 2.45) is 0 Å². The van der Waals surface area contributed by atoms with E-state index in [2.05, 4.69) is 224 Å². The van der Waals surface area contributed by atoms with Crippen LogP contribution in [-0.2, 0) is 0 Å². The Morgan fingerprint density at radius 3 is 0.483 bits per heavy atom. The molecule has 0 aliphatic heterocycles. The topological polar surface area (TPSA) is 0 Å². The molecule has 0 N–H and O–H groups in total. The van der Waals surface area contributed by atoms with E-state index < -0.39 is 0 Å². The van der Waals surface area contributed by atoms with Crippen LogP contribution in [0.25, 0.3) is 0 Å². The Balaban J connectivity index is 9.41. The minimum atomic E-state index is 0.629. The molecule has 0 aromatic rings. The van der Waals surface area contributed by atoms with Crippen LogP contribution in [0.3, 0.4) is 0 Å². The van der Waals surface area contributed by atoms with E-state index in [1.807, 2.05) is 0 Å². The Hall–Kier alpha value is 3.90. The Morgan fingerprint density at radius 1 is 0.167 bits per heavy atom. The molecule has 60 heteroatoms. The average molecular weight is 711 g/mol. The van der Waals surface area contributed by atoms with Crippen LogP contribution >= 0.6 is 0 Å². The molecule has 0 unspecified atom stereocenters. The number of rotatable bonds is 30. The summed E-state index contributed by atoms with van der Waals surface area (Å²) < 4.78 is 0. The molecule has 0 aromatic heterocycles. The summed E-state index contributed by atoms with van der Waals surface area (Å²) in [6.45, 7) is 0. The fourth-order valence-electron chi connectivity index (χ4n) is 16.3. The normalized spacial score (nSPS) is 9.60. The van der Waals surface area contributed by atoms with Crippen molar-refractivity contribution in [3.05, 3.63) is 0 Å². The van der Waals surface area contributed by atoms with Crippen LogP contribution in [0.5, 0.6) is 0 Å². The first kappa shape index (κ1) is 63.9. The molecular weight excluding hydrogens is 649 g/mol. The molecule has 0 saturated carbocycles. The van der Waals surface area contributed by atoms with Crippen molar-refractivity contribution in [3.63, 3.8) is 0 Å². The molecule has 0 saturated heterocycles. The van der Waals surface area contributed by atoms with Crippen LogP contribution in [0.1, 0.15) is 0 Å². The van der Waals surface area contributed by atoms with Gasteiger partial charge in [-0.05, 0) is 0 Å². The van der Waals surface area contributed by atoms with E-state index >= 15 is 0 Å². The predicted molar refractivity (Wildman–Crippen MR) is 432 cm³/mol. The summed E-state index contributed by atoms with van der Waals surface area (Å²) in [5.41, 5.74) is 0. The van der Waals surface area contributed by atoms with Gasteiger partial charge in [-0.1, -0.05) is 0 Å². The second-order valence-electron chi connectivity index (χ2n) is 25.8. The van der Waals surface area contributed by atoms with Gasteiger partial charge in [0.15, 0.2) is 0 Å². The van der Waals surface area contributed by atoms with Crippen LogP contribution in [-0.4, -0.2) is 425 Å². The van der Waals surface area contributed by atoms with Gasteiger partial charge in [-0.2, -0.15) is 0 Å². The maximum atomic E-state index is 2.89. The molecule has 0 atom stereocenters. The van der Waals surface area contributed by atoms with Gasteiger partial charge in [-0.15, -0.1) is 0 Å². The molecule has 0 aromatic carbocycles. The third kappa shape index (κ3) is 17.1. The van der Waals surface area contributed by atoms with Gasteiger partial charge in [0.2, 0.25) is 0 Å². The first-order valence-corrected chi connectivity index (χ1v) is 27.6. The van der Waals surface area contributed by atoms with Gasteiger partial charge in [0.1, 0.15) is 0 Å². The lowest BCUT2D eigenvalue weighted by Crippen LogP contribution is -2.93. The van der Waals surface area contributed by atoms with Crippen molar-refractivity contribution in [1.82, 2.24) is 0 Å². The average Bonchev–Trinajstić information content (AvgIpc) is 3.12. The summed E-state index contributed by atoms with van der Waals surface area (Å²) in [4.78, 5) is 0. The van der Waals surface area contributed by atoms with Crippen molar-refractivity contribution in [3.8, 4) is 0 Å². The highest BCUT2D eigenvalue weighted by molar-refractivity contribution is 8.34. The van der Waals surface area contributed by atoms with Crippen LogP contribution < -0.4 is 0 Å². The summed E-state index contributed by atoms with van der Waals surface area (Å²) in [5.74, 6) is 0. The summed E-state index contributed by atoms with van der Waals surface area (Å²) in [6, 6.07) is 0. The lowest BCUT2D eigenvalue weighted by Gasteiger charge is -2.54. The highest BCUT2D eigenvalue weighted by Crippen LogP contribution is 2.20. The van der Waals surface area contributed by atoms with E-state index in [-0.39, 0.29) is 0 Å². The predicted octanol–water partition coefficient (Wildman–Crippen LogP) is -39.4. The van der Waals surface area contributed by atoms with Crippen LogP contribution in [0.2, 0.25) is 0 Å². The smallest absolute Gasteiger partial charge is 0.000144 e. The molecule has 0 spiro atoms. The zero-order valence-corrected chi connectivity index (χ0v) is 47.4. The van der Waals surface area contributed by atoms with Crippen LogP contribution in [0, 0.1) is 0 Å². The van der Waals surface area contributed by atoms with Crippen LogP contribution in [0.4, 0.5) is 0 Å². The second kappa shape index (κ2) is 30.5. The molecule has 0 radical (unpaired) electrons. The van der Waals surface area contributed by atoms with Crippen molar-refractivity contribution in [2.75, 3.05) is 0 Å². The molecular formula is H62B60. The molecule has 0 aliphatic carbocycles. The molecule has 0 rings (SSSR count). The Bertz CT molecular complexity index is 970. The van der Waals surface area contributed by atoms with E-state index in [1.165, 1.54) is 28.2 Å². The molecule has 0 amide bonds. The molecule has 0 nitrogen and oxygen atoms in total. The lowest BCUT2D eigenvalue weighted by molar-refractivity contribution is 3.21. The standard InChI is InChI=1S/B60H62/c1-30-44(25)55(49(34(5)6)35(7)8)59(56(45(26)31-2)50(36(9)10)37(11)12)48(29)53(42(21)22)54(43(23)24)60(57(46(27)32-3)51(38(13)14)39(15)16)58(47(28)33-4)52(40(17)18)41(19)20/h30-33H,1-29H2. The molecule has 0 heterocycles. The minimum Gasteiger partial charge on any atom is 0.000144 e. The maximum absolute atomic E-state index is 2.89. The van der Waals surface area contributed by atoms with E-state index in [4.69, 9.17) is 0 Å². The third-order valence-corrected chi connectivity index (χ3v) is 18.6.